The quantitative estimate of drug-likeness (QED) is 0.367. The number of likely N-dealkylation sites (N-methyl/N-ethyl adjacent to an activating group) is 1. The largest absolute Gasteiger partial charge is 0.512 e. The van der Waals surface area contributed by atoms with Gasteiger partial charge >= 0.3 is 0 Å². The van der Waals surface area contributed by atoms with E-state index in [0.717, 1.165) is 5.56 Å². The van der Waals surface area contributed by atoms with Gasteiger partial charge in [0.05, 0.1) is 11.5 Å². The molecule has 4 rings (SSSR count). The number of primary amides is 1. The second kappa shape index (κ2) is 8.02. The Balaban J connectivity index is 1.82. The average Bonchev–Trinajstić information content (AvgIpc) is 2.67. The highest BCUT2D eigenvalue weighted by Gasteiger charge is 2.57. The summed E-state index contributed by atoms with van der Waals surface area (Å²) in [4.78, 5) is 27.2. The van der Waals surface area contributed by atoms with Crippen molar-refractivity contribution in [2.75, 3.05) is 20.6 Å². The minimum absolute atomic E-state index is 0.00819. The van der Waals surface area contributed by atoms with Crippen molar-refractivity contribution in [3.05, 3.63) is 57.6 Å². The summed E-state index contributed by atoms with van der Waals surface area (Å²) in [5.74, 6) is -8.52. The molecule has 9 heteroatoms. The number of ketones is 1. The first-order chi connectivity index (χ1) is 15.4. The Labute approximate surface area is 190 Å². The summed E-state index contributed by atoms with van der Waals surface area (Å²) in [6.45, 7) is 0.686. The number of hydrogen-bond donors (Lipinski definition) is 6. The van der Waals surface area contributed by atoms with E-state index < -0.39 is 52.3 Å². The lowest BCUT2D eigenvalue weighted by atomic mass is 9.61. The highest BCUT2D eigenvalue weighted by atomic mass is 16.5. The summed E-state index contributed by atoms with van der Waals surface area (Å²) < 4.78 is 0. The van der Waals surface area contributed by atoms with Gasteiger partial charge in [-0.25, -0.2) is 0 Å². The van der Waals surface area contributed by atoms with E-state index in [2.05, 4.69) is 0 Å². The van der Waals surface area contributed by atoms with Crippen molar-refractivity contribution in [3.8, 4) is 5.75 Å². The number of aromatic hydroxyl groups is 1. The van der Waals surface area contributed by atoms with Crippen LogP contribution in [0.2, 0.25) is 0 Å². The Hall–Kier alpha value is -3.14. The molecule has 1 aromatic rings. The Morgan fingerprint density at radius 3 is 2.55 bits per heavy atom. The van der Waals surface area contributed by atoms with E-state index in [0.29, 0.717) is 18.5 Å². The van der Waals surface area contributed by atoms with Gasteiger partial charge in [0.1, 0.15) is 22.8 Å². The predicted octanol–water partition coefficient (Wildman–Crippen LogP) is 1.15. The molecule has 9 nitrogen and oxygen atoms in total. The molecule has 0 aliphatic heterocycles. The number of nitrogens with two attached hydrogens (primary N) is 1. The van der Waals surface area contributed by atoms with Gasteiger partial charge in [0.15, 0.2) is 5.78 Å². The smallest absolute Gasteiger partial charge is 0.253 e. The second-order valence-electron chi connectivity index (χ2n) is 9.31. The zero-order chi connectivity index (χ0) is 24.2. The van der Waals surface area contributed by atoms with Crippen molar-refractivity contribution >= 4 is 17.8 Å². The zero-order valence-corrected chi connectivity index (χ0v) is 18.4. The van der Waals surface area contributed by atoms with E-state index in [4.69, 9.17) is 5.73 Å². The van der Waals surface area contributed by atoms with Gasteiger partial charge < -0.3 is 36.2 Å². The first kappa shape index (κ1) is 23.0. The van der Waals surface area contributed by atoms with Gasteiger partial charge in [-0.05, 0) is 56.0 Å². The average molecular weight is 456 g/mol. The number of allylic oxidation sites excluding steroid dienone is 2. The highest BCUT2D eigenvalue weighted by Crippen LogP contribution is 2.53. The lowest BCUT2D eigenvalue weighted by Crippen LogP contribution is -2.54. The van der Waals surface area contributed by atoms with Crippen LogP contribution in [-0.4, -0.2) is 68.6 Å². The molecule has 0 bridgehead atoms. The number of fused-ring (bicyclic) bond motifs is 3. The van der Waals surface area contributed by atoms with Gasteiger partial charge in [-0.15, -0.1) is 0 Å². The Bertz CT molecular complexity index is 1130. The number of benzene rings is 1. The third-order valence-corrected chi connectivity index (χ3v) is 6.85. The molecule has 176 valence electrons. The minimum atomic E-state index is -2.93. The number of phenols is 1. The van der Waals surface area contributed by atoms with Gasteiger partial charge in [-0.3, -0.25) is 9.59 Å². The van der Waals surface area contributed by atoms with Crippen molar-refractivity contribution in [3.63, 3.8) is 0 Å². The SMILES string of the molecule is CN(C)C/C=C/c1ccc(O)c2c1CC1CC3CC(O)=C(C(N)=O)C(O)(O)C3C(O)=C1C2=O. The fraction of sp³-hybridized carbons (Fsp3) is 0.417. The molecule has 3 atom stereocenters. The molecule has 0 heterocycles. The van der Waals surface area contributed by atoms with Gasteiger partial charge in [0, 0.05) is 18.5 Å². The molecule has 1 amide bonds. The van der Waals surface area contributed by atoms with Gasteiger partial charge in [0.25, 0.3) is 5.91 Å². The molecule has 0 aromatic heterocycles. The fourth-order valence-corrected chi connectivity index (χ4v) is 5.52. The second-order valence-corrected chi connectivity index (χ2v) is 9.31. The molecule has 7 N–H and O–H groups in total. The van der Waals surface area contributed by atoms with Crippen molar-refractivity contribution in [1.82, 2.24) is 4.90 Å². The van der Waals surface area contributed by atoms with Gasteiger partial charge in [0.2, 0.25) is 5.79 Å². The first-order valence-corrected chi connectivity index (χ1v) is 10.8. The molecule has 0 spiro atoms. The van der Waals surface area contributed by atoms with Crippen molar-refractivity contribution in [2.45, 2.75) is 25.0 Å². The summed E-state index contributed by atoms with van der Waals surface area (Å²) in [6.07, 6.45) is 4.35. The molecular formula is C24H28N2O7. The van der Waals surface area contributed by atoms with Crippen molar-refractivity contribution in [2.24, 2.45) is 23.5 Å². The van der Waals surface area contributed by atoms with Crippen LogP contribution in [0.4, 0.5) is 0 Å². The van der Waals surface area contributed by atoms with Crippen LogP contribution in [-0.2, 0) is 11.2 Å². The number of Topliss-reactive ketones (excluding diaryl/α,β-unsaturated/α-hetero) is 1. The van der Waals surface area contributed by atoms with E-state index in [9.17, 15) is 35.1 Å². The summed E-state index contributed by atoms with van der Waals surface area (Å²) in [5, 5.41) is 53.2. The molecule has 0 fully saturated rings. The maximum absolute atomic E-state index is 13.5. The Morgan fingerprint density at radius 1 is 1.21 bits per heavy atom. The number of carbonyl (C=O) groups excluding carboxylic acids is 2. The number of hydrogen-bond acceptors (Lipinski definition) is 8. The molecular weight excluding hydrogens is 428 g/mol. The van der Waals surface area contributed by atoms with Crippen molar-refractivity contribution < 1.29 is 35.1 Å². The fourth-order valence-electron chi connectivity index (χ4n) is 5.52. The number of nitrogens with zero attached hydrogens (tertiary/aromatic N) is 1. The lowest BCUT2D eigenvalue weighted by Gasteiger charge is -2.46. The number of aliphatic hydroxyl groups excluding tert-OH is 2. The van der Waals surface area contributed by atoms with Crippen LogP contribution in [0, 0.1) is 17.8 Å². The number of phenolic OH excluding ortho intramolecular Hbond substituents is 1. The maximum Gasteiger partial charge on any atom is 0.253 e. The summed E-state index contributed by atoms with van der Waals surface area (Å²) in [5.41, 5.74) is 5.95. The summed E-state index contributed by atoms with van der Waals surface area (Å²) in [6, 6.07) is 3.15. The molecule has 0 saturated carbocycles. The van der Waals surface area contributed by atoms with Crippen LogP contribution in [0.5, 0.6) is 5.75 Å². The van der Waals surface area contributed by atoms with Crippen molar-refractivity contribution in [1.29, 1.82) is 0 Å². The lowest BCUT2D eigenvalue weighted by molar-refractivity contribution is -0.194. The molecule has 0 radical (unpaired) electrons. The van der Waals surface area contributed by atoms with E-state index in [-0.39, 0.29) is 29.7 Å². The van der Waals surface area contributed by atoms with E-state index in [1.165, 1.54) is 6.07 Å². The Kier molecular flexibility index (Phi) is 5.60. The highest BCUT2D eigenvalue weighted by molar-refractivity contribution is 6.13. The minimum Gasteiger partial charge on any atom is -0.512 e. The van der Waals surface area contributed by atoms with E-state index in [1.807, 2.05) is 31.1 Å². The third-order valence-electron chi connectivity index (χ3n) is 6.85. The summed E-state index contributed by atoms with van der Waals surface area (Å²) >= 11 is 0. The number of rotatable bonds is 4. The predicted molar refractivity (Wildman–Crippen MR) is 119 cm³/mol. The maximum atomic E-state index is 13.5. The monoisotopic (exact) mass is 456 g/mol. The summed E-state index contributed by atoms with van der Waals surface area (Å²) in [7, 11) is 3.86. The van der Waals surface area contributed by atoms with E-state index in [1.54, 1.807) is 6.07 Å². The van der Waals surface area contributed by atoms with Gasteiger partial charge in [-0.2, -0.15) is 0 Å². The van der Waals surface area contributed by atoms with Crippen LogP contribution in [0.25, 0.3) is 6.08 Å². The number of aliphatic hydroxyl groups is 4. The van der Waals surface area contributed by atoms with Gasteiger partial charge in [-0.1, -0.05) is 18.2 Å². The van der Waals surface area contributed by atoms with Crippen LogP contribution >= 0.6 is 0 Å². The topological polar surface area (TPSA) is 165 Å². The van der Waals surface area contributed by atoms with E-state index >= 15 is 0 Å². The van der Waals surface area contributed by atoms with Crippen LogP contribution in [0.3, 0.4) is 0 Å². The Morgan fingerprint density at radius 2 is 1.91 bits per heavy atom. The number of carbonyl (C=O) groups is 2. The standard InChI is InChI=1S/C24H28N2O7/c1-26(2)7-3-4-11-5-6-15(27)18-14(11)9-12-8-13-10-16(28)20(23(25)31)24(32,33)19(13)22(30)17(12)21(18)29/h3-6,12-13,19,27-28,30,32-33H,7-10H2,1-2H3,(H2,25,31)/b4-3+. The normalized spacial score (nSPS) is 26.5. The van der Waals surface area contributed by atoms with Crippen LogP contribution in [0.15, 0.2) is 40.9 Å². The molecule has 33 heavy (non-hydrogen) atoms. The number of amides is 1. The molecule has 3 aliphatic rings. The van der Waals surface area contributed by atoms with Crippen LogP contribution in [0.1, 0.15) is 34.3 Å². The molecule has 1 aromatic carbocycles. The molecule has 3 aliphatic carbocycles. The zero-order valence-electron chi connectivity index (χ0n) is 18.4. The van der Waals surface area contributed by atoms with Crippen LogP contribution < -0.4 is 5.73 Å². The molecule has 0 saturated heterocycles. The first-order valence-electron chi connectivity index (χ1n) is 10.8. The molecule has 3 unspecified atom stereocenters. The third kappa shape index (κ3) is 3.62.